The van der Waals surface area contributed by atoms with E-state index in [0.29, 0.717) is 6.42 Å². The van der Waals surface area contributed by atoms with Crippen molar-refractivity contribution >= 4 is 11.6 Å². The first kappa shape index (κ1) is 15.3. The summed E-state index contributed by atoms with van der Waals surface area (Å²) in [5, 5.41) is 2.47. The van der Waals surface area contributed by atoms with E-state index in [2.05, 4.69) is 10.1 Å². The zero-order valence-corrected chi connectivity index (χ0v) is 10.3. The van der Waals surface area contributed by atoms with Crippen LogP contribution in [0.3, 0.4) is 0 Å². The molecule has 0 aliphatic rings. The van der Waals surface area contributed by atoms with Crippen LogP contribution in [-0.2, 0) is 4.79 Å². The van der Waals surface area contributed by atoms with Gasteiger partial charge in [-0.3, -0.25) is 4.79 Å². The molecule has 0 bridgehead atoms. The summed E-state index contributed by atoms with van der Waals surface area (Å²) in [5.41, 5.74) is 5.84. The summed E-state index contributed by atoms with van der Waals surface area (Å²) in [6.07, 6.45) is -4.00. The molecule has 0 aliphatic heterocycles. The van der Waals surface area contributed by atoms with Gasteiger partial charge in [0.25, 0.3) is 0 Å². The van der Waals surface area contributed by atoms with Gasteiger partial charge in [-0.25, -0.2) is 0 Å². The number of halogens is 3. The highest BCUT2D eigenvalue weighted by Gasteiger charge is 2.31. The number of hydrogen-bond donors (Lipinski definition) is 2. The fourth-order valence-corrected chi connectivity index (χ4v) is 1.37. The maximum atomic E-state index is 12.0. The number of anilines is 1. The lowest BCUT2D eigenvalue weighted by Gasteiger charge is -2.12. The molecule has 1 rings (SSSR count). The molecular weight excluding hydrogens is 261 g/mol. The van der Waals surface area contributed by atoms with E-state index in [-0.39, 0.29) is 29.8 Å². The highest BCUT2D eigenvalue weighted by molar-refractivity contribution is 5.91. The summed E-state index contributed by atoms with van der Waals surface area (Å²) < 4.78 is 39.8. The molecule has 0 radical (unpaired) electrons. The van der Waals surface area contributed by atoms with Crippen LogP contribution < -0.4 is 15.8 Å². The highest BCUT2D eigenvalue weighted by atomic mass is 19.4. The third-order valence-electron chi connectivity index (χ3n) is 2.32. The highest BCUT2D eigenvalue weighted by Crippen LogP contribution is 2.25. The predicted octanol–water partition coefficient (Wildman–Crippen LogP) is 2.65. The molecule has 4 nitrogen and oxygen atoms in total. The molecule has 19 heavy (non-hydrogen) atoms. The maximum Gasteiger partial charge on any atom is 0.573 e. The molecule has 1 atom stereocenters. The number of amides is 1. The molecule has 7 heteroatoms. The number of carbonyl (C=O) groups excluding carboxylic acids is 1. The van der Waals surface area contributed by atoms with E-state index in [1.54, 1.807) is 0 Å². The van der Waals surface area contributed by atoms with E-state index in [9.17, 15) is 18.0 Å². The van der Waals surface area contributed by atoms with Gasteiger partial charge in [0.05, 0.1) is 0 Å². The lowest BCUT2D eigenvalue weighted by Crippen LogP contribution is -2.26. The fraction of sp³-hybridized carbons (Fsp3) is 0.417. The second-order valence-corrected chi connectivity index (χ2v) is 4.00. The summed E-state index contributed by atoms with van der Waals surface area (Å²) in [6, 6.07) is 4.81. The molecule has 1 aromatic carbocycles. The van der Waals surface area contributed by atoms with Gasteiger partial charge in [-0.15, -0.1) is 13.2 Å². The molecule has 0 aromatic heterocycles. The Hall–Kier alpha value is -1.76. The summed E-state index contributed by atoms with van der Waals surface area (Å²) in [5.74, 6) is -0.733. The summed E-state index contributed by atoms with van der Waals surface area (Å²) in [7, 11) is 0. The second-order valence-electron chi connectivity index (χ2n) is 4.00. The minimum absolute atomic E-state index is 0.112. The smallest absolute Gasteiger partial charge is 0.406 e. The average Bonchev–Trinajstić information content (AvgIpc) is 2.26. The standard InChI is InChI=1S/C12H15F3N2O2/c1-2-8(16)6-11(18)17-9-4-3-5-10(7-9)19-12(13,14)15/h3-5,7-8H,2,6,16H2,1H3,(H,17,18). The number of rotatable bonds is 5. The number of nitrogens with one attached hydrogen (secondary N) is 1. The Bertz CT molecular complexity index is 435. The van der Waals surface area contributed by atoms with Gasteiger partial charge in [0.15, 0.2) is 0 Å². The van der Waals surface area contributed by atoms with Crippen molar-refractivity contribution < 1.29 is 22.7 Å². The van der Waals surface area contributed by atoms with E-state index < -0.39 is 6.36 Å². The first-order chi connectivity index (χ1) is 8.80. The minimum atomic E-state index is -4.76. The Morgan fingerprint density at radius 1 is 1.47 bits per heavy atom. The molecule has 0 aliphatic carbocycles. The van der Waals surface area contributed by atoms with Gasteiger partial charge < -0.3 is 15.8 Å². The predicted molar refractivity (Wildman–Crippen MR) is 64.6 cm³/mol. The molecule has 1 amide bonds. The van der Waals surface area contributed by atoms with Crippen LogP contribution in [0.25, 0.3) is 0 Å². The van der Waals surface area contributed by atoms with Crippen molar-refractivity contribution in [3.8, 4) is 5.75 Å². The van der Waals surface area contributed by atoms with Crippen LogP contribution in [0.4, 0.5) is 18.9 Å². The SMILES string of the molecule is CCC(N)CC(=O)Nc1cccc(OC(F)(F)F)c1. The number of ether oxygens (including phenoxy) is 1. The van der Waals surface area contributed by atoms with Crippen LogP contribution in [0.5, 0.6) is 5.75 Å². The van der Waals surface area contributed by atoms with Gasteiger partial charge in [0.2, 0.25) is 5.91 Å². The Balaban J connectivity index is 2.64. The Kier molecular flexibility index (Phi) is 5.17. The van der Waals surface area contributed by atoms with Crippen molar-refractivity contribution in [1.82, 2.24) is 0 Å². The van der Waals surface area contributed by atoms with Crippen molar-refractivity contribution in [2.75, 3.05) is 5.32 Å². The molecule has 1 unspecified atom stereocenters. The zero-order valence-electron chi connectivity index (χ0n) is 10.3. The number of alkyl halides is 3. The van der Waals surface area contributed by atoms with Gasteiger partial charge in [-0.05, 0) is 18.6 Å². The van der Waals surface area contributed by atoms with Crippen LogP contribution in [0.15, 0.2) is 24.3 Å². The molecule has 106 valence electrons. The van der Waals surface area contributed by atoms with Crippen molar-refractivity contribution in [2.45, 2.75) is 32.2 Å². The molecule has 0 saturated heterocycles. The normalized spacial score (nSPS) is 12.9. The molecule has 0 heterocycles. The van der Waals surface area contributed by atoms with E-state index >= 15 is 0 Å². The first-order valence-electron chi connectivity index (χ1n) is 5.71. The van der Waals surface area contributed by atoms with Gasteiger partial charge in [0, 0.05) is 24.2 Å². The van der Waals surface area contributed by atoms with E-state index in [4.69, 9.17) is 5.73 Å². The molecule has 1 aromatic rings. The number of carbonyl (C=O) groups is 1. The third kappa shape index (κ3) is 6.10. The maximum absolute atomic E-state index is 12.0. The van der Waals surface area contributed by atoms with E-state index in [0.717, 1.165) is 12.1 Å². The number of nitrogens with two attached hydrogens (primary N) is 1. The fourth-order valence-electron chi connectivity index (χ4n) is 1.37. The van der Waals surface area contributed by atoms with Crippen molar-refractivity contribution in [3.05, 3.63) is 24.3 Å². The molecule has 0 spiro atoms. The largest absolute Gasteiger partial charge is 0.573 e. The lowest BCUT2D eigenvalue weighted by molar-refractivity contribution is -0.274. The first-order valence-corrected chi connectivity index (χ1v) is 5.71. The van der Waals surface area contributed by atoms with Gasteiger partial charge in [-0.2, -0.15) is 0 Å². The van der Waals surface area contributed by atoms with Gasteiger partial charge in [0.1, 0.15) is 5.75 Å². The monoisotopic (exact) mass is 276 g/mol. The van der Waals surface area contributed by atoms with E-state index in [1.165, 1.54) is 12.1 Å². The summed E-state index contributed by atoms with van der Waals surface area (Å²) >= 11 is 0. The number of hydrogen-bond acceptors (Lipinski definition) is 3. The summed E-state index contributed by atoms with van der Waals surface area (Å²) in [4.78, 5) is 11.5. The minimum Gasteiger partial charge on any atom is -0.406 e. The average molecular weight is 276 g/mol. The molecule has 3 N–H and O–H groups in total. The molecule has 0 fully saturated rings. The van der Waals surface area contributed by atoms with Crippen LogP contribution in [0.2, 0.25) is 0 Å². The molecule has 0 saturated carbocycles. The van der Waals surface area contributed by atoms with E-state index in [1.807, 2.05) is 6.92 Å². The van der Waals surface area contributed by atoms with Crippen LogP contribution in [-0.4, -0.2) is 18.3 Å². The number of benzene rings is 1. The molecular formula is C12H15F3N2O2. The van der Waals surface area contributed by atoms with Crippen LogP contribution in [0.1, 0.15) is 19.8 Å². The Morgan fingerprint density at radius 2 is 2.16 bits per heavy atom. The Labute approximate surface area is 108 Å². The van der Waals surface area contributed by atoms with Crippen LogP contribution in [0, 0.1) is 0 Å². The summed E-state index contributed by atoms with van der Waals surface area (Å²) in [6.45, 7) is 1.84. The van der Waals surface area contributed by atoms with Crippen molar-refractivity contribution in [3.63, 3.8) is 0 Å². The second kappa shape index (κ2) is 6.42. The third-order valence-corrected chi connectivity index (χ3v) is 2.32. The lowest BCUT2D eigenvalue weighted by atomic mass is 10.1. The van der Waals surface area contributed by atoms with Gasteiger partial charge in [-0.1, -0.05) is 13.0 Å². The van der Waals surface area contributed by atoms with Crippen molar-refractivity contribution in [1.29, 1.82) is 0 Å². The topological polar surface area (TPSA) is 64.4 Å². The van der Waals surface area contributed by atoms with Crippen molar-refractivity contribution in [2.24, 2.45) is 5.73 Å². The quantitative estimate of drug-likeness (QED) is 0.869. The zero-order chi connectivity index (χ0) is 14.5. The van der Waals surface area contributed by atoms with Gasteiger partial charge >= 0.3 is 6.36 Å². The Morgan fingerprint density at radius 3 is 2.74 bits per heavy atom. The van der Waals surface area contributed by atoms with Crippen LogP contribution >= 0.6 is 0 Å².